The summed E-state index contributed by atoms with van der Waals surface area (Å²) in [4.78, 5) is 16.5. The Labute approximate surface area is 120 Å². The molecule has 1 heterocycles. The summed E-state index contributed by atoms with van der Waals surface area (Å²) in [5.74, 6) is 0.900. The van der Waals surface area contributed by atoms with Crippen LogP contribution in [0.2, 0.25) is 0 Å². The molecule has 112 valence electrons. The quantitative estimate of drug-likeness (QED) is 0.804. The zero-order chi connectivity index (χ0) is 14.5. The van der Waals surface area contributed by atoms with E-state index < -0.39 is 0 Å². The summed E-state index contributed by atoms with van der Waals surface area (Å²) >= 11 is 0. The van der Waals surface area contributed by atoms with E-state index in [9.17, 15) is 4.79 Å². The van der Waals surface area contributed by atoms with E-state index in [1.807, 2.05) is 6.92 Å². The molecule has 1 aromatic heterocycles. The molecule has 1 atom stereocenters. The molecule has 20 heavy (non-hydrogen) atoms. The van der Waals surface area contributed by atoms with Crippen molar-refractivity contribution in [3.05, 3.63) is 17.2 Å². The van der Waals surface area contributed by atoms with E-state index in [1.165, 1.54) is 24.2 Å². The maximum Gasteiger partial charge on any atom is 0.323 e. The van der Waals surface area contributed by atoms with E-state index >= 15 is 0 Å². The molecule has 1 unspecified atom stereocenters. The molecule has 5 nitrogen and oxygen atoms in total. The number of esters is 1. The Hall–Kier alpha value is -1.36. The Balaban J connectivity index is 2.03. The molecule has 0 fully saturated rings. The summed E-state index contributed by atoms with van der Waals surface area (Å²) in [6.07, 6.45) is 5.42. The van der Waals surface area contributed by atoms with Crippen LogP contribution in [0.15, 0.2) is 0 Å². The lowest BCUT2D eigenvalue weighted by atomic mass is 10.0. The number of aromatic nitrogens is 2. The van der Waals surface area contributed by atoms with Crippen LogP contribution in [0, 0.1) is 6.92 Å². The van der Waals surface area contributed by atoms with E-state index in [0.717, 1.165) is 31.6 Å². The Bertz CT molecular complexity index is 468. The second kappa shape index (κ2) is 6.88. The molecule has 0 saturated heterocycles. The SMILES string of the molecule is CCOC(=O)C(CCn1c(C)nc2c1CCCC2)NC. The van der Waals surface area contributed by atoms with Crippen LogP contribution in [-0.4, -0.2) is 35.2 Å². The molecule has 5 heteroatoms. The van der Waals surface area contributed by atoms with Gasteiger partial charge in [0.05, 0.1) is 12.3 Å². The van der Waals surface area contributed by atoms with Gasteiger partial charge in [0.25, 0.3) is 0 Å². The zero-order valence-electron chi connectivity index (χ0n) is 12.7. The summed E-state index contributed by atoms with van der Waals surface area (Å²) in [6.45, 7) is 5.13. The number of hydrogen-bond acceptors (Lipinski definition) is 4. The molecule has 0 spiro atoms. The van der Waals surface area contributed by atoms with E-state index in [-0.39, 0.29) is 12.0 Å². The van der Waals surface area contributed by atoms with Gasteiger partial charge >= 0.3 is 5.97 Å². The standard InChI is InChI=1S/C15H25N3O2/c1-4-20-15(19)13(16-3)9-10-18-11(2)17-12-7-5-6-8-14(12)18/h13,16H,4-10H2,1-3H3. The van der Waals surface area contributed by atoms with Crippen LogP contribution in [0.3, 0.4) is 0 Å². The summed E-state index contributed by atoms with van der Waals surface area (Å²) in [7, 11) is 1.80. The molecule has 1 aliphatic carbocycles. The van der Waals surface area contributed by atoms with Gasteiger partial charge in [-0.3, -0.25) is 4.79 Å². The van der Waals surface area contributed by atoms with Gasteiger partial charge in [-0.15, -0.1) is 0 Å². The number of fused-ring (bicyclic) bond motifs is 1. The van der Waals surface area contributed by atoms with Crippen LogP contribution in [-0.2, 0) is 28.9 Å². The molecule has 1 N–H and O–H groups in total. The topological polar surface area (TPSA) is 56.2 Å². The minimum Gasteiger partial charge on any atom is -0.465 e. The van der Waals surface area contributed by atoms with Crippen molar-refractivity contribution in [2.24, 2.45) is 0 Å². The maximum atomic E-state index is 11.8. The number of nitrogens with zero attached hydrogens (tertiary/aromatic N) is 2. The van der Waals surface area contributed by atoms with Gasteiger partial charge < -0.3 is 14.6 Å². The lowest BCUT2D eigenvalue weighted by molar-refractivity contribution is -0.145. The first-order valence-corrected chi connectivity index (χ1v) is 7.56. The molecule has 0 saturated carbocycles. The van der Waals surface area contributed by atoms with Crippen LogP contribution in [0.4, 0.5) is 0 Å². The molecule has 0 aliphatic heterocycles. The fraction of sp³-hybridized carbons (Fsp3) is 0.733. The second-order valence-corrected chi connectivity index (χ2v) is 5.29. The number of ether oxygens (including phenoxy) is 1. The molecule has 0 aromatic carbocycles. The van der Waals surface area contributed by atoms with Crippen LogP contribution in [0.1, 0.15) is 43.4 Å². The van der Waals surface area contributed by atoms with Gasteiger partial charge in [-0.2, -0.15) is 0 Å². The number of carbonyl (C=O) groups excluding carboxylic acids is 1. The number of likely N-dealkylation sites (N-methyl/N-ethyl adjacent to an activating group) is 1. The third-order valence-corrected chi connectivity index (χ3v) is 3.98. The molecule has 1 aromatic rings. The van der Waals surface area contributed by atoms with Gasteiger partial charge in [0, 0.05) is 12.2 Å². The lowest BCUT2D eigenvalue weighted by Crippen LogP contribution is -2.36. The van der Waals surface area contributed by atoms with Gasteiger partial charge in [-0.05, 0) is 53.0 Å². The average molecular weight is 279 g/mol. The number of rotatable bonds is 6. The number of imidazole rings is 1. The van der Waals surface area contributed by atoms with Crippen LogP contribution in [0.5, 0.6) is 0 Å². The van der Waals surface area contributed by atoms with Crippen molar-refractivity contribution in [2.75, 3.05) is 13.7 Å². The van der Waals surface area contributed by atoms with Crippen LogP contribution < -0.4 is 5.32 Å². The predicted octanol–water partition coefficient (Wildman–Crippen LogP) is 1.61. The van der Waals surface area contributed by atoms with E-state index in [1.54, 1.807) is 7.05 Å². The van der Waals surface area contributed by atoms with Crippen molar-refractivity contribution in [2.45, 2.75) is 58.5 Å². The minimum atomic E-state index is -0.240. The number of hydrogen-bond donors (Lipinski definition) is 1. The first kappa shape index (κ1) is 15.0. The molecule has 0 amide bonds. The van der Waals surface area contributed by atoms with Gasteiger partial charge in [-0.1, -0.05) is 0 Å². The van der Waals surface area contributed by atoms with Crippen LogP contribution in [0.25, 0.3) is 0 Å². The molecule has 1 aliphatic rings. The van der Waals surface area contributed by atoms with Crippen molar-refractivity contribution < 1.29 is 9.53 Å². The van der Waals surface area contributed by atoms with Crippen molar-refractivity contribution in [3.63, 3.8) is 0 Å². The molecule has 0 bridgehead atoms. The fourth-order valence-corrected chi connectivity index (χ4v) is 2.91. The zero-order valence-corrected chi connectivity index (χ0v) is 12.7. The number of carbonyl (C=O) groups is 1. The smallest absolute Gasteiger partial charge is 0.323 e. The average Bonchev–Trinajstić information content (AvgIpc) is 2.76. The summed E-state index contributed by atoms with van der Waals surface area (Å²) in [5.41, 5.74) is 2.62. The van der Waals surface area contributed by atoms with Crippen molar-refractivity contribution in [1.82, 2.24) is 14.9 Å². The Kier molecular flexibility index (Phi) is 5.17. The van der Waals surface area contributed by atoms with Gasteiger partial charge in [0.2, 0.25) is 0 Å². The summed E-state index contributed by atoms with van der Waals surface area (Å²) < 4.78 is 7.36. The lowest BCUT2D eigenvalue weighted by Gasteiger charge is -2.18. The third kappa shape index (κ3) is 3.20. The maximum absolute atomic E-state index is 11.8. The molecule has 0 radical (unpaired) electrons. The van der Waals surface area contributed by atoms with Crippen molar-refractivity contribution in [1.29, 1.82) is 0 Å². The van der Waals surface area contributed by atoms with Gasteiger partial charge in [0.1, 0.15) is 11.9 Å². The van der Waals surface area contributed by atoms with E-state index in [2.05, 4.69) is 21.8 Å². The van der Waals surface area contributed by atoms with E-state index in [0.29, 0.717) is 6.61 Å². The van der Waals surface area contributed by atoms with Crippen molar-refractivity contribution >= 4 is 5.97 Å². The highest BCUT2D eigenvalue weighted by atomic mass is 16.5. The highest BCUT2D eigenvalue weighted by Gasteiger charge is 2.21. The number of nitrogens with one attached hydrogen (secondary N) is 1. The second-order valence-electron chi connectivity index (χ2n) is 5.29. The highest BCUT2D eigenvalue weighted by molar-refractivity contribution is 5.75. The van der Waals surface area contributed by atoms with Gasteiger partial charge in [-0.25, -0.2) is 4.98 Å². The third-order valence-electron chi connectivity index (χ3n) is 3.98. The first-order valence-electron chi connectivity index (χ1n) is 7.56. The van der Waals surface area contributed by atoms with Crippen molar-refractivity contribution in [3.8, 4) is 0 Å². The van der Waals surface area contributed by atoms with Crippen LogP contribution >= 0.6 is 0 Å². The predicted molar refractivity (Wildman–Crippen MR) is 77.7 cm³/mol. The fourth-order valence-electron chi connectivity index (χ4n) is 2.91. The Morgan fingerprint density at radius 3 is 2.90 bits per heavy atom. The largest absolute Gasteiger partial charge is 0.465 e. The van der Waals surface area contributed by atoms with Gasteiger partial charge in [0.15, 0.2) is 0 Å². The monoisotopic (exact) mass is 279 g/mol. The number of aryl methyl sites for hydroxylation is 2. The summed E-state index contributed by atoms with van der Waals surface area (Å²) in [6, 6.07) is -0.240. The Morgan fingerprint density at radius 1 is 1.45 bits per heavy atom. The highest BCUT2D eigenvalue weighted by Crippen LogP contribution is 2.22. The minimum absolute atomic E-state index is 0.165. The Morgan fingerprint density at radius 2 is 2.20 bits per heavy atom. The molecular formula is C15H25N3O2. The summed E-state index contributed by atoms with van der Waals surface area (Å²) in [5, 5.41) is 3.04. The molecule has 2 rings (SSSR count). The first-order chi connectivity index (χ1) is 9.67. The molecular weight excluding hydrogens is 254 g/mol. The van der Waals surface area contributed by atoms with E-state index in [4.69, 9.17) is 4.74 Å². The normalized spacial score (nSPS) is 15.8.